The number of nitrogens with one attached hydrogen (secondary N) is 1. The highest BCUT2D eigenvalue weighted by molar-refractivity contribution is 5.75. The number of hydrogen-bond donors (Lipinski definition) is 2. The molecule has 0 saturated carbocycles. The number of ether oxygens (including phenoxy) is 1. The van der Waals surface area contributed by atoms with E-state index in [4.69, 9.17) is 9.84 Å². The normalized spacial score (nSPS) is 16.8. The molecule has 0 aliphatic carbocycles. The lowest BCUT2D eigenvalue weighted by Gasteiger charge is -2.36. The highest BCUT2D eigenvalue weighted by Gasteiger charge is 2.27. The van der Waals surface area contributed by atoms with Crippen molar-refractivity contribution in [1.82, 2.24) is 10.2 Å². The first-order valence-electron chi connectivity index (χ1n) is 9.72. The zero-order valence-corrected chi connectivity index (χ0v) is 16.6. The van der Waals surface area contributed by atoms with Gasteiger partial charge in [-0.2, -0.15) is 0 Å². The molecule has 0 radical (unpaired) electrons. The van der Waals surface area contributed by atoms with E-state index in [9.17, 15) is 9.59 Å². The van der Waals surface area contributed by atoms with E-state index in [1.165, 1.54) is 0 Å². The van der Waals surface area contributed by atoms with Crippen molar-refractivity contribution in [2.45, 2.75) is 70.6 Å². The van der Waals surface area contributed by atoms with Crippen molar-refractivity contribution in [3.05, 3.63) is 35.9 Å². The molecule has 1 aliphatic rings. The molecule has 1 aliphatic heterocycles. The number of carboxylic acid groups (broad SMARTS) is 1. The van der Waals surface area contributed by atoms with Crippen LogP contribution in [0.3, 0.4) is 0 Å². The van der Waals surface area contributed by atoms with Crippen LogP contribution in [-0.4, -0.2) is 52.8 Å². The third-order valence-electron chi connectivity index (χ3n) is 4.61. The average Bonchev–Trinajstić information content (AvgIpc) is 2.59. The Morgan fingerprint density at radius 1 is 1.22 bits per heavy atom. The maximum Gasteiger partial charge on any atom is 0.317 e. The number of nitrogens with zero attached hydrogens (tertiary/aromatic N) is 1. The Bertz CT molecular complexity index is 604. The van der Waals surface area contributed by atoms with Crippen molar-refractivity contribution in [2.75, 3.05) is 13.1 Å². The third kappa shape index (κ3) is 7.99. The number of hydrogen-bond acceptors (Lipinski definition) is 3. The maximum atomic E-state index is 12.7. The Kier molecular flexibility index (Phi) is 7.66. The van der Waals surface area contributed by atoms with Gasteiger partial charge in [-0.15, -0.1) is 0 Å². The lowest BCUT2D eigenvalue weighted by molar-refractivity contribution is -0.137. The zero-order valence-electron chi connectivity index (χ0n) is 16.6. The number of aliphatic carboxylic acids is 1. The van der Waals surface area contributed by atoms with Gasteiger partial charge in [0.25, 0.3) is 0 Å². The number of benzene rings is 1. The summed E-state index contributed by atoms with van der Waals surface area (Å²) in [5.41, 5.74) is 0.914. The standard InChI is InChI=1S/C21H32N2O4/c1-21(2,3)27-18-11-13-23(14-12-18)20(26)22-17(9-10-19(24)25)15-16-7-5-4-6-8-16/h4-8,17-18H,9-15H2,1-3H3,(H,22,26)(H,24,25). The fraction of sp³-hybridized carbons (Fsp3) is 0.619. The minimum absolute atomic E-state index is 0.0409. The lowest BCUT2D eigenvalue weighted by Crippen LogP contribution is -2.50. The van der Waals surface area contributed by atoms with Crippen LogP contribution in [0, 0.1) is 0 Å². The van der Waals surface area contributed by atoms with Crippen molar-refractivity contribution in [2.24, 2.45) is 0 Å². The highest BCUT2D eigenvalue weighted by Crippen LogP contribution is 2.20. The monoisotopic (exact) mass is 376 g/mol. The van der Waals surface area contributed by atoms with Gasteiger partial charge >= 0.3 is 12.0 Å². The van der Waals surface area contributed by atoms with Gasteiger partial charge in [-0.25, -0.2) is 4.79 Å². The Labute approximate surface area is 161 Å². The van der Waals surface area contributed by atoms with Crippen molar-refractivity contribution in [3.63, 3.8) is 0 Å². The van der Waals surface area contributed by atoms with Crippen LogP contribution in [0.15, 0.2) is 30.3 Å². The number of carboxylic acids is 1. The van der Waals surface area contributed by atoms with E-state index in [0.717, 1.165) is 18.4 Å². The van der Waals surface area contributed by atoms with Gasteiger partial charge in [-0.05, 0) is 52.0 Å². The summed E-state index contributed by atoms with van der Waals surface area (Å²) in [6.07, 6.45) is 2.91. The van der Waals surface area contributed by atoms with Gasteiger partial charge in [-0.3, -0.25) is 4.79 Å². The molecule has 6 heteroatoms. The van der Waals surface area contributed by atoms with Crippen molar-refractivity contribution in [1.29, 1.82) is 0 Å². The van der Waals surface area contributed by atoms with Crippen LogP contribution in [0.1, 0.15) is 52.0 Å². The second kappa shape index (κ2) is 9.74. The Hall–Kier alpha value is -2.08. The van der Waals surface area contributed by atoms with Gasteiger partial charge in [-0.1, -0.05) is 30.3 Å². The third-order valence-corrected chi connectivity index (χ3v) is 4.61. The molecular weight excluding hydrogens is 344 g/mol. The van der Waals surface area contributed by atoms with Crippen LogP contribution in [-0.2, 0) is 16.0 Å². The molecule has 0 spiro atoms. The minimum Gasteiger partial charge on any atom is -0.481 e. The fourth-order valence-corrected chi connectivity index (χ4v) is 3.36. The van der Waals surface area contributed by atoms with Gasteiger partial charge in [0.1, 0.15) is 0 Å². The van der Waals surface area contributed by atoms with Crippen molar-refractivity contribution < 1.29 is 19.4 Å². The molecule has 1 aromatic rings. The molecule has 27 heavy (non-hydrogen) atoms. The number of carbonyl (C=O) groups excluding carboxylic acids is 1. The molecule has 2 N–H and O–H groups in total. The number of rotatable bonds is 7. The summed E-state index contributed by atoms with van der Waals surface area (Å²) in [5.74, 6) is -0.845. The maximum absolute atomic E-state index is 12.7. The summed E-state index contributed by atoms with van der Waals surface area (Å²) >= 11 is 0. The second-order valence-electron chi connectivity index (χ2n) is 8.19. The number of amides is 2. The smallest absolute Gasteiger partial charge is 0.317 e. The van der Waals surface area contributed by atoms with Crippen molar-refractivity contribution in [3.8, 4) is 0 Å². The van der Waals surface area contributed by atoms with Gasteiger partial charge in [0.05, 0.1) is 11.7 Å². The molecule has 1 saturated heterocycles. The number of piperidine rings is 1. The first-order chi connectivity index (χ1) is 12.7. The van der Waals surface area contributed by atoms with Crippen LogP contribution in [0.5, 0.6) is 0 Å². The van der Waals surface area contributed by atoms with E-state index in [2.05, 4.69) is 5.32 Å². The fourth-order valence-electron chi connectivity index (χ4n) is 3.36. The van der Waals surface area contributed by atoms with Crippen LogP contribution in [0.25, 0.3) is 0 Å². The predicted molar refractivity (Wildman–Crippen MR) is 105 cm³/mol. The van der Waals surface area contributed by atoms with Gasteiger partial charge in [0.2, 0.25) is 0 Å². The average molecular weight is 376 g/mol. The Morgan fingerprint density at radius 3 is 2.41 bits per heavy atom. The van der Waals surface area contributed by atoms with E-state index in [1.807, 2.05) is 51.1 Å². The molecular formula is C21H32N2O4. The Morgan fingerprint density at radius 2 is 1.85 bits per heavy atom. The van der Waals surface area contributed by atoms with Crippen LogP contribution in [0.2, 0.25) is 0 Å². The molecule has 0 aromatic heterocycles. The minimum atomic E-state index is -0.845. The quantitative estimate of drug-likeness (QED) is 0.764. The summed E-state index contributed by atoms with van der Waals surface area (Å²) in [6, 6.07) is 9.52. The molecule has 1 fully saturated rings. The van der Waals surface area contributed by atoms with E-state index >= 15 is 0 Å². The molecule has 2 amide bonds. The molecule has 1 atom stereocenters. The van der Waals surface area contributed by atoms with Crippen LogP contribution < -0.4 is 5.32 Å². The first kappa shape index (κ1) is 21.2. The highest BCUT2D eigenvalue weighted by atomic mass is 16.5. The van der Waals surface area contributed by atoms with Crippen LogP contribution >= 0.6 is 0 Å². The zero-order chi connectivity index (χ0) is 19.9. The van der Waals surface area contributed by atoms with Gasteiger partial charge in [0.15, 0.2) is 0 Å². The topological polar surface area (TPSA) is 78.9 Å². The summed E-state index contributed by atoms with van der Waals surface area (Å²) in [6.45, 7) is 7.45. The lowest BCUT2D eigenvalue weighted by atomic mass is 10.0. The summed E-state index contributed by atoms with van der Waals surface area (Å²) in [5, 5.41) is 12.0. The predicted octanol–water partition coefficient (Wildman–Crippen LogP) is 3.45. The molecule has 1 unspecified atom stereocenters. The molecule has 150 valence electrons. The molecule has 6 nitrogen and oxygen atoms in total. The summed E-state index contributed by atoms with van der Waals surface area (Å²) in [4.78, 5) is 25.4. The van der Waals surface area contributed by atoms with E-state index in [1.54, 1.807) is 4.90 Å². The van der Waals surface area contributed by atoms with Gasteiger partial charge < -0.3 is 20.1 Å². The van der Waals surface area contributed by atoms with Gasteiger partial charge in [0, 0.05) is 25.6 Å². The summed E-state index contributed by atoms with van der Waals surface area (Å²) in [7, 11) is 0. The largest absolute Gasteiger partial charge is 0.481 e. The van der Waals surface area contributed by atoms with E-state index in [-0.39, 0.29) is 30.2 Å². The summed E-state index contributed by atoms with van der Waals surface area (Å²) < 4.78 is 6.01. The number of likely N-dealkylation sites (tertiary alicyclic amines) is 1. The van der Waals surface area contributed by atoms with E-state index in [0.29, 0.717) is 25.9 Å². The molecule has 1 heterocycles. The Balaban J connectivity index is 1.88. The first-order valence-corrected chi connectivity index (χ1v) is 9.72. The SMILES string of the molecule is CC(C)(C)OC1CCN(C(=O)NC(CCC(=O)O)Cc2ccccc2)CC1. The molecule has 0 bridgehead atoms. The van der Waals surface area contributed by atoms with Crippen molar-refractivity contribution >= 4 is 12.0 Å². The van der Waals surface area contributed by atoms with Crippen LogP contribution in [0.4, 0.5) is 4.79 Å². The van der Waals surface area contributed by atoms with E-state index < -0.39 is 5.97 Å². The number of urea groups is 1. The number of carbonyl (C=O) groups is 2. The molecule has 1 aromatic carbocycles. The molecule has 2 rings (SSSR count). The second-order valence-corrected chi connectivity index (χ2v) is 8.19.